The van der Waals surface area contributed by atoms with Crippen molar-refractivity contribution in [3.63, 3.8) is 0 Å². The Balaban J connectivity index is 0.946. The van der Waals surface area contributed by atoms with Crippen LogP contribution < -0.4 is 0 Å². The van der Waals surface area contributed by atoms with E-state index in [2.05, 4.69) is 40.7 Å². The summed E-state index contributed by atoms with van der Waals surface area (Å²) < 4.78 is 35.0. The molecule has 0 aromatic heterocycles. The van der Waals surface area contributed by atoms with Crippen molar-refractivity contribution in [2.75, 3.05) is 26.4 Å². The van der Waals surface area contributed by atoms with E-state index in [1.807, 2.05) is 13.8 Å². The summed E-state index contributed by atoms with van der Waals surface area (Å²) in [5, 5.41) is 141. The van der Waals surface area contributed by atoms with Crippen LogP contribution in [-0.4, -0.2) is 203 Å². The maximum absolute atomic E-state index is 12.1. The number of allylic oxidation sites excluding steroid dienone is 2. The average Bonchev–Trinajstić information content (AvgIpc) is 3.25. The van der Waals surface area contributed by atoms with Crippen molar-refractivity contribution >= 4 is 0 Å². The Morgan fingerprint density at radius 2 is 1.20 bits per heavy atom. The van der Waals surface area contributed by atoms with Gasteiger partial charge in [-0.2, -0.15) is 0 Å². The second-order valence-corrected chi connectivity index (χ2v) is 23.4. The van der Waals surface area contributed by atoms with Gasteiger partial charge in [-0.25, -0.2) is 0 Å². The molecule has 3 saturated heterocycles. The Morgan fingerprint density at radius 1 is 0.621 bits per heavy atom. The molecule has 3 heterocycles. The number of rotatable bonds is 9. The van der Waals surface area contributed by atoms with Gasteiger partial charge in [0.25, 0.3) is 0 Å². The predicted octanol–water partition coefficient (Wildman–Crippen LogP) is -1.83. The molecule has 5 aliphatic carbocycles. The number of aliphatic hydroxyl groups excluding tert-OH is 13. The smallest absolute Gasteiger partial charge is 0.186 e. The molecular formula is C47H78O19. The van der Waals surface area contributed by atoms with Gasteiger partial charge in [0.15, 0.2) is 18.9 Å². The van der Waals surface area contributed by atoms with Gasteiger partial charge < -0.3 is 94.8 Å². The van der Waals surface area contributed by atoms with E-state index in [9.17, 15) is 66.4 Å². The van der Waals surface area contributed by atoms with E-state index in [1.54, 1.807) is 0 Å². The quantitative estimate of drug-likeness (QED) is 0.0893. The van der Waals surface area contributed by atoms with Crippen molar-refractivity contribution < 1.29 is 94.8 Å². The predicted molar refractivity (Wildman–Crippen MR) is 228 cm³/mol. The van der Waals surface area contributed by atoms with Gasteiger partial charge in [-0.15, -0.1) is 0 Å². The lowest BCUT2D eigenvalue weighted by atomic mass is 9.33. The summed E-state index contributed by atoms with van der Waals surface area (Å²) >= 11 is 0. The Bertz CT molecular complexity index is 1770. The molecule has 7 fully saturated rings. The van der Waals surface area contributed by atoms with E-state index in [0.29, 0.717) is 19.3 Å². The molecule has 0 bridgehead atoms. The van der Waals surface area contributed by atoms with Crippen LogP contribution in [0, 0.1) is 50.2 Å². The zero-order valence-corrected chi connectivity index (χ0v) is 39.2. The maximum atomic E-state index is 12.1. The zero-order chi connectivity index (χ0) is 48.4. The van der Waals surface area contributed by atoms with E-state index in [0.717, 1.165) is 25.7 Å². The van der Waals surface area contributed by atoms with Crippen molar-refractivity contribution in [1.82, 2.24) is 0 Å². The summed E-state index contributed by atoms with van der Waals surface area (Å²) in [7, 11) is 0. The highest BCUT2D eigenvalue weighted by atomic mass is 16.7. The molecule has 19 heteroatoms. The molecule has 0 radical (unpaired) electrons. The lowest BCUT2D eigenvalue weighted by molar-refractivity contribution is -0.348. The number of hydrogen-bond acceptors (Lipinski definition) is 19. The first-order valence-corrected chi connectivity index (χ1v) is 24.0. The number of fused-ring (bicyclic) bond motifs is 7. The highest BCUT2D eigenvalue weighted by Gasteiger charge is 2.72. The van der Waals surface area contributed by atoms with Gasteiger partial charge in [0, 0.05) is 0 Å². The molecule has 8 aliphatic rings. The van der Waals surface area contributed by atoms with Gasteiger partial charge in [0.1, 0.15) is 67.1 Å². The molecule has 13 N–H and O–H groups in total. The molecule has 0 aromatic carbocycles. The molecule has 3 aliphatic heterocycles. The molecule has 66 heavy (non-hydrogen) atoms. The summed E-state index contributed by atoms with van der Waals surface area (Å²) in [4.78, 5) is 0. The second kappa shape index (κ2) is 17.9. The monoisotopic (exact) mass is 947 g/mol. The van der Waals surface area contributed by atoms with Crippen molar-refractivity contribution in [3.8, 4) is 0 Å². The molecule has 25 atom stereocenters. The van der Waals surface area contributed by atoms with Crippen LogP contribution in [0.2, 0.25) is 0 Å². The second-order valence-electron chi connectivity index (χ2n) is 23.4. The third-order valence-corrected chi connectivity index (χ3v) is 19.3. The molecule has 0 amide bonds. The van der Waals surface area contributed by atoms with E-state index in [1.165, 1.54) is 5.57 Å². The van der Waals surface area contributed by atoms with Crippen LogP contribution in [-0.2, 0) is 28.4 Å². The lowest BCUT2D eigenvalue weighted by Gasteiger charge is -2.72. The number of hydrogen-bond donors (Lipinski definition) is 13. The van der Waals surface area contributed by atoms with E-state index < -0.39 is 152 Å². The van der Waals surface area contributed by atoms with Gasteiger partial charge in [-0.05, 0) is 89.8 Å². The molecular weight excluding hydrogens is 868 g/mol. The summed E-state index contributed by atoms with van der Waals surface area (Å²) in [6.07, 6.45) is -18.8. The Labute approximate surface area is 386 Å². The van der Waals surface area contributed by atoms with E-state index in [4.69, 9.17) is 28.4 Å². The van der Waals surface area contributed by atoms with Gasteiger partial charge in [-0.1, -0.05) is 60.1 Å². The van der Waals surface area contributed by atoms with Crippen LogP contribution in [0.5, 0.6) is 0 Å². The lowest BCUT2D eigenvalue weighted by Crippen LogP contribution is -2.71. The molecule has 380 valence electrons. The van der Waals surface area contributed by atoms with Crippen molar-refractivity contribution in [2.24, 2.45) is 50.2 Å². The Kier molecular flexibility index (Phi) is 13.9. The molecule has 4 saturated carbocycles. The van der Waals surface area contributed by atoms with E-state index in [-0.39, 0.29) is 35.2 Å². The fraction of sp³-hybridized carbons (Fsp3) is 0.957. The third-order valence-electron chi connectivity index (χ3n) is 19.3. The van der Waals surface area contributed by atoms with E-state index >= 15 is 0 Å². The topological polar surface area (TPSA) is 318 Å². The Hall–Kier alpha value is -1.02. The summed E-state index contributed by atoms with van der Waals surface area (Å²) in [6, 6.07) is 0. The first-order chi connectivity index (χ1) is 30.7. The minimum absolute atomic E-state index is 0.139. The maximum Gasteiger partial charge on any atom is 0.186 e. The molecule has 8 rings (SSSR count). The number of ether oxygens (including phenoxy) is 6. The van der Waals surface area contributed by atoms with Crippen LogP contribution in [0.3, 0.4) is 0 Å². The molecule has 19 nitrogen and oxygen atoms in total. The van der Waals surface area contributed by atoms with Gasteiger partial charge >= 0.3 is 0 Å². The standard InChI is InChI=1S/C47H78O19/c1-42(2)14-21-20-8-9-26-44(5)12-11-28(43(3,4)25(44)10-13-45(26,6)46(20,7)15-27(50)47(21,19-48)38(60)37(42)59)66-41-36(58)33(55)31(53)24(65-41)18-63-40-35(57)32(54)30(52)23(64-40)17-62-39-34(56)29(51)22(49)16-61-39/h8,21-41,48-60H,9-19H2,1-7H3. The van der Waals surface area contributed by atoms with Gasteiger partial charge in [0.2, 0.25) is 0 Å². The van der Waals surface area contributed by atoms with Gasteiger partial charge in [0.05, 0.1) is 56.3 Å². The zero-order valence-electron chi connectivity index (χ0n) is 39.2. The van der Waals surface area contributed by atoms with Crippen LogP contribution >= 0.6 is 0 Å². The number of aliphatic hydroxyl groups is 13. The van der Waals surface area contributed by atoms with Crippen LogP contribution in [0.4, 0.5) is 0 Å². The normalized spacial score (nSPS) is 55.7. The Morgan fingerprint density at radius 3 is 1.82 bits per heavy atom. The van der Waals surface area contributed by atoms with Crippen LogP contribution in [0.25, 0.3) is 0 Å². The average molecular weight is 947 g/mol. The fourth-order valence-corrected chi connectivity index (χ4v) is 14.9. The van der Waals surface area contributed by atoms with Crippen molar-refractivity contribution in [3.05, 3.63) is 11.6 Å². The summed E-state index contributed by atoms with van der Waals surface area (Å²) in [5.74, 6) is 0.0200. The first kappa shape index (κ1) is 51.3. The summed E-state index contributed by atoms with van der Waals surface area (Å²) in [6.45, 7) is 13.3. The van der Waals surface area contributed by atoms with Gasteiger partial charge in [-0.3, -0.25) is 0 Å². The minimum atomic E-state index is -1.79. The fourth-order valence-electron chi connectivity index (χ4n) is 14.9. The molecule has 0 aromatic rings. The molecule has 25 unspecified atom stereocenters. The highest BCUT2D eigenvalue weighted by molar-refractivity contribution is 5.36. The summed E-state index contributed by atoms with van der Waals surface area (Å²) in [5.41, 5.74) is -2.12. The largest absolute Gasteiger partial charge is 0.396 e. The SMILES string of the molecule is CC1(C)CC2C3=CCC4C5(C)CCC(OC6OC(COC7OC(COC8OCC(O)C(O)C8O)C(O)C(O)C7O)C(O)C(O)C6O)C(C)(C)C5CCC4(C)C3(C)CC(O)C2(CO)C(O)C1O. The third kappa shape index (κ3) is 7.72. The highest BCUT2D eigenvalue weighted by Crippen LogP contribution is 2.76. The van der Waals surface area contributed by atoms with Crippen LogP contribution in [0.1, 0.15) is 93.4 Å². The van der Waals surface area contributed by atoms with Crippen molar-refractivity contribution in [1.29, 1.82) is 0 Å². The molecule has 0 spiro atoms. The van der Waals surface area contributed by atoms with Crippen LogP contribution in [0.15, 0.2) is 11.6 Å². The van der Waals surface area contributed by atoms with Crippen molar-refractivity contribution in [2.45, 2.75) is 204 Å². The first-order valence-electron chi connectivity index (χ1n) is 24.0. The minimum Gasteiger partial charge on any atom is -0.396 e.